The van der Waals surface area contributed by atoms with Crippen LogP contribution in [0.5, 0.6) is 11.5 Å². The third kappa shape index (κ3) is 6.26. The molecule has 2 aliphatic rings. The van der Waals surface area contributed by atoms with E-state index in [0.717, 1.165) is 36.8 Å². The Kier molecular flexibility index (Phi) is 7.55. The van der Waals surface area contributed by atoms with Gasteiger partial charge in [0.25, 0.3) is 0 Å². The first kappa shape index (κ1) is 24.4. The number of halogens is 1. The van der Waals surface area contributed by atoms with E-state index in [1.165, 1.54) is 16.9 Å². The molecule has 3 amide bonds. The van der Waals surface area contributed by atoms with Crippen LogP contribution >= 0.6 is 22.9 Å². The molecule has 2 aromatic carbocycles. The summed E-state index contributed by atoms with van der Waals surface area (Å²) in [6, 6.07) is 12.5. The van der Waals surface area contributed by atoms with Crippen molar-refractivity contribution in [3.63, 3.8) is 0 Å². The lowest BCUT2D eigenvalue weighted by Crippen LogP contribution is -2.48. The number of piperazine rings is 1. The van der Waals surface area contributed by atoms with Crippen LogP contribution in [0.2, 0.25) is 5.02 Å². The van der Waals surface area contributed by atoms with Crippen molar-refractivity contribution in [3.05, 3.63) is 64.1 Å². The second kappa shape index (κ2) is 11.2. The second-order valence-corrected chi connectivity index (χ2v) is 9.87. The molecule has 188 valence electrons. The number of nitrogens with zero attached hydrogens (tertiary/aromatic N) is 3. The Bertz CT molecular complexity index is 1240. The summed E-state index contributed by atoms with van der Waals surface area (Å²) in [4.78, 5) is 33.6. The zero-order valence-corrected chi connectivity index (χ0v) is 21.1. The first-order valence-corrected chi connectivity index (χ1v) is 12.9. The minimum Gasteiger partial charge on any atom is -0.454 e. The van der Waals surface area contributed by atoms with Gasteiger partial charge in [0.15, 0.2) is 16.6 Å². The number of hydrogen-bond acceptors (Lipinski definition) is 7. The largest absolute Gasteiger partial charge is 0.454 e. The maximum atomic E-state index is 12.7. The number of nitrogens with one attached hydrogen (secondary N) is 2. The molecule has 9 nitrogen and oxygen atoms in total. The molecule has 0 saturated carbocycles. The fraction of sp³-hybridized carbons (Fsp3) is 0.320. The summed E-state index contributed by atoms with van der Waals surface area (Å²) < 4.78 is 10.8. The van der Waals surface area contributed by atoms with E-state index in [1.807, 2.05) is 22.4 Å². The number of carbonyl (C=O) groups excluding carboxylic acids is 2. The average molecular weight is 528 g/mol. The van der Waals surface area contributed by atoms with Crippen molar-refractivity contribution in [1.82, 2.24) is 14.8 Å². The monoisotopic (exact) mass is 527 g/mol. The molecule has 1 fully saturated rings. The minimum atomic E-state index is -0.395. The minimum absolute atomic E-state index is 0.124. The van der Waals surface area contributed by atoms with E-state index in [2.05, 4.69) is 26.6 Å². The Balaban J connectivity index is 1.03. The molecule has 0 spiro atoms. The first-order valence-electron chi connectivity index (χ1n) is 11.7. The van der Waals surface area contributed by atoms with Gasteiger partial charge in [0, 0.05) is 55.2 Å². The number of urea groups is 1. The van der Waals surface area contributed by atoms with Gasteiger partial charge in [-0.15, -0.1) is 11.3 Å². The van der Waals surface area contributed by atoms with Crippen molar-refractivity contribution in [2.45, 2.75) is 19.4 Å². The van der Waals surface area contributed by atoms with Crippen LogP contribution in [0.25, 0.3) is 0 Å². The third-order valence-electron chi connectivity index (χ3n) is 6.02. The summed E-state index contributed by atoms with van der Waals surface area (Å²) in [7, 11) is 0. The summed E-state index contributed by atoms with van der Waals surface area (Å²) >= 11 is 7.27. The highest BCUT2D eigenvalue weighted by Crippen LogP contribution is 2.33. The van der Waals surface area contributed by atoms with E-state index in [4.69, 9.17) is 21.1 Å². The van der Waals surface area contributed by atoms with E-state index < -0.39 is 6.03 Å². The molecule has 5 rings (SSSR count). The SMILES string of the molecule is O=C(Nc1cccc(Cl)c1)Nc1nc(CCC(=O)N2CCN(Cc3ccc4c(c3)OCO4)CC2)cs1. The second-order valence-electron chi connectivity index (χ2n) is 8.58. The maximum absolute atomic E-state index is 12.7. The first-order chi connectivity index (χ1) is 17.5. The molecule has 1 saturated heterocycles. The molecule has 2 aliphatic heterocycles. The van der Waals surface area contributed by atoms with Crippen molar-refractivity contribution in [1.29, 1.82) is 0 Å². The summed E-state index contributed by atoms with van der Waals surface area (Å²) in [5, 5.41) is 8.33. The molecule has 0 aliphatic carbocycles. The quantitative estimate of drug-likeness (QED) is 0.471. The van der Waals surface area contributed by atoms with Gasteiger partial charge in [-0.1, -0.05) is 23.7 Å². The number of thiazole rings is 1. The summed E-state index contributed by atoms with van der Waals surface area (Å²) in [6.45, 7) is 4.16. The van der Waals surface area contributed by atoms with E-state index in [1.54, 1.807) is 24.3 Å². The average Bonchev–Trinajstić information content (AvgIpc) is 3.52. The highest BCUT2D eigenvalue weighted by molar-refractivity contribution is 7.13. The number of fused-ring (bicyclic) bond motifs is 1. The lowest BCUT2D eigenvalue weighted by atomic mass is 10.1. The van der Waals surface area contributed by atoms with Gasteiger partial charge in [0.2, 0.25) is 12.7 Å². The number of anilines is 2. The van der Waals surface area contributed by atoms with E-state index in [0.29, 0.717) is 41.8 Å². The van der Waals surface area contributed by atoms with Crippen LogP contribution in [-0.4, -0.2) is 59.7 Å². The summed E-state index contributed by atoms with van der Waals surface area (Å²) in [5.74, 6) is 1.71. The Morgan fingerprint density at radius 1 is 1.03 bits per heavy atom. The van der Waals surface area contributed by atoms with Gasteiger partial charge in [-0.3, -0.25) is 15.0 Å². The molecule has 2 N–H and O–H groups in total. The van der Waals surface area contributed by atoms with Gasteiger partial charge >= 0.3 is 6.03 Å². The predicted octanol–water partition coefficient (Wildman–Crippen LogP) is 4.45. The van der Waals surface area contributed by atoms with Crippen LogP contribution in [0.15, 0.2) is 47.8 Å². The number of benzene rings is 2. The van der Waals surface area contributed by atoms with Crippen molar-refractivity contribution >= 4 is 45.7 Å². The Morgan fingerprint density at radius 3 is 2.69 bits per heavy atom. The number of aryl methyl sites for hydroxylation is 1. The van der Waals surface area contributed by atoms with E-state index in [9.17, 15) is 9.59 Å². The predicted molar refractivity (Wildman–Crippen MR) is 139 cm³/mol. The molecule has 1 aromatic heterocycles. The standard InChI is InChI=1S/C25H26ClN5O4S/c26-18-2-1-3-19(13-18)27-24(33)29-25-28-20(15-36-25)5-7-23(32)31-10-8-30(9-11-31)14-17-4-6-21-22(12-17)35-16-34-21/h1-4,6,12-13,15H,5,7-11,14,16H2,(H2,27,28,29,33). The van der Waals surface area contributed by atoms with Gasteiger partial charge < -0.3 is 19.7 Å². The molecule has 3 aromatic rings. The lowest BCUT2D eigenvalue weighted by molar-refractivity contribution is -0.133. The molecule has 0 bridgehead atoms. The third-order valence-corrected chi connectivity index (χ3v) is 7.06. The number of rotatable bonds is 7. The van der Waals surface area contributed by atoms with Crippen molar-refractivity contribution in [2.75, 3.05) is 43.6 Å². The van der Waals surface area contributed by atoms with Gasteiger partial charge in [-0.2, -0.15) is 0 Å². The lowest BCUT2D eigenvalue weighted by Gasteiger charge is -2.34. The number of amides is 3. The van der Waals surface area contributed by atoms with Gasteiger partial charge in [-0.05, 0) is 42.3 Å². The molecule has 11 heteroatoms. The van der Waals surface area contributed by atoms with E-state index >= 15 is 0 Å². The van der Waals surface area contributed by atoms with Crippen LogP contribution < -0.4 is 20.1 Å². The number of ether oxygens (including phenoxy) is 2. The number of carbonyl (C=O) groups is 2. The molecular formula is C25H26ClN5O4S. The molecule has 0 unspecified atom stereocenters. The van der Waals surface area contributed by atoms with Crippen molar-refractivity contribution in [3.8, 4) is 11.5 Å². The normalized spacial score (nSPS) is 15.1. The fourth-order valence-corrected chi connectivity index (χ4v) is 5.08. The molecular weight excluding hydrogens is 502 g/mol. The zero-order chi connectivity index (χ0) is 24.9. The van der Waals surface area contributed by atoms with Crippen molar-refractivity contribution < 1.29 is 19.1 Å². The number of aromatic nitrogens is 1. The molecule has 0 radical (unpaired) electrons. The van der Waals surface area contributed by atoms with Gasteiger partial charge in [0.1, 0.15) is 0 Å². The van der Waals surface area contributed by atoms with Crippen LogP contribution in [0.3, 0.4) is 0 Å². The summed E-state index contributed by atoms with van der Waals surface area (Å²) in [6.07, 6.45) is 0.921. The Hall–Kier alpha value is -3.34. The Morgan fingerprint density at radius 2 is 1.86 bits per heavy atom. The molecule has 36 heavy (non-hydrogen) atoms. The van der Waals surface area contributed by atoms with Crippen LogP contribution in [0.1, 0.15) is 17.7 Å². The number of hydrogen-bond donors (Lipinski definition) is 2. The fourth-order valence-electron chi connectivity index (χ4n) is 4.15. The van der Waals surface area contributed by atoms with Gasteiger partial charge in [0.05, 0.1) is 5.69 Å². The Labute approximate surface area is 218 Å². The highest BCUT2D eigenvalue weighted by atomic mass is 35.5. The topological polar surface area (TPSA) is 96.0 Å². The van der Waals surface area contributed by atoms with Crippen molar-refractivity contribution in [2.24, 2.45) is 0 Å². The van der Waals surface area contributed by atoms with Gasteiger partial charge in [-0.25, -0.2) is 9.78 Å². The van der Waals surface area contributed by atoms with Crippen LogP contribution in [0.4, 0.5) is 15.6 Å². The summed E-state index contributed by atoms with van der Waals surface area (Å²) in [5.41, 5.74) is 2.56. The zero-order valence-electron chi connectivity index (χ0n) is 19.5. The molecule has 3 heterocycles. The maximum Gasteiger partial charge on any atom is 0.325 e. The molecule has 0 atom stereocenters. The van der Waals surface area contributed by atoms with Crippen LogP contribution in [0, 0.1) is 0 Å². The van der Waals surface area contributed by atoms with E-state index in [-0.39, 0.29) is 12.7 Å². The smallest absolute Gasteiger partial charge is 0.325 e. The highest BCUT2D eigenvalue weighted by Gasteiger charge is 2.22. The van der Waals surface area contributed by atoms with Crippen LogP contribution in [-0.2, 0) is 17.8 Å².